The molecule has 0 radical (unpaired) electrons. The highest BCUT2D eigenvalue weighted by Gasteiger charge is 2.19. The summed E-state index contributed by atoms with van der Waals surface area (Å²) >= 11 is 0. The molecule has 2 atom stereocenters. The summed E-state index contributed by atoms with van der Waals surface area (Å²) in [6.45, 7) is 5.05. The van der Waals surface area contributed by atoms with Gasteiger partial charge in [-0.05, 0) is 32.1 Å². The van der Waals surface area contributed by atoms with Gasteiger partial charge in [-0.2, -0.15) is 0 Å². The molecule has 2 heteroatoms. The summed E-state index contributed by atoms with van der Waals surface area (Å²) in [6.07, 6.45) is 7.64. The smallest absolute Gasteiger partial charge is 0.0662 e. The molecule has 0 amide bonds. The fourth-order valence-corrected chi connectivity index (χ4v) is 2.27. The van der Waals surface area contributed by atoms with Crippen LogP contribution in [0, 0.1) is 5.92 Å². The first kappa shape index (κ1) is 12.0. The summed E-state index contributed by atoms with van der Waals surface area (Å²) in [4.78, 5) is 0. The first-order chi connectivity index (χ1) is 6.74. The van der Waals surface area contributed by atoms with Gasteiger partial charge in [-0.1, -0.05) is 26.2 Å². The Morgan fingerprint density at radius 2 is 1.93 bits per heavy atom. The molecule has 0 aliphatic heterocycles. The summed E-state index contributed by atoms with van der Waals surface area (Å²) in [7, 11) is 0. The van der Waals surface area contributed by atoms with E-state index in [-0.39, 0.29) is 6.10 Å². The molecule has 84 valence electrons. The molecule has 0 spiro atoms. The van der Waals surface area contributed by atoms with Crippen molar-refractivity contribution in [2.75, 3.05) is 6.54 Å². The van der Waals surface area contributed by atoms with E-state index in [0.717, 1.165) is 18.9 Å². The third-order valence-corrected chi connectivity index (χ3v) is 3.50. The number of hydrogen-bond acceptors (Lipinski definition) is 2. The van der Waals surface area contributed by atoms with Gasteiger partial charge in [-0.25, -0.2) is 0 Å². The minimum absolute atomic E-state index is 0.166. The van der Waals surface area contributed by atoms with Crippen molar-refractivity contribution in [3.8, 4) is 0 Å². The monoisotopic (exact) mass is 199 g/mol. The minimum Gasteiger partial charge on any atom is -0.392 e. The van der Waals surface area contributed by atoms with Crippen LogP contribution in [0.4, 0.5) is 0 Å². The van der Waals surface area contributed by atoms with E-state index in [2.05, 4.69) is 12.2 Å². The largest absolute Gasteiger partial charge is 0.392 e. The molecule has 2 N–H and O–H groups in total. The quantitative estimate of drug-likeness (QED) is 0.712. The van der Waals surface area contributed by atoms with Gasteiger partial charge in [0.2, 0.25) is 0 Å². The van der Waals surface area contributed by atoms with Gasteiger partial charge in [0.1, 0.15) is 0 Å². The van der Waals surface area contributed by atoms with Gasteiger partial charge < -0.3 is 10.4 Å². The minimum atomic E-state index is -0.166. The molecular formula is C12H25NO. The predicted molar refractivity (Wildman–Crippen MR) is 60.3 cm³/mol. The van der Waals surface area contributed by atoms with Crippen LogP contribution in [0.25, 0.3) is 0 Å². The molecule has 0 bridgehead atoms. The van der Waals surface area contributed by atoms with Gasteiger partial charge in [-0.3, -0.25) is 0 Å². The van der Waals surface area contributed by atoms with E-state index in [9.17, 15) is 5.11 Å². The van der Waals surface area contributed by atoms with Crippen molar-refractivity contribution in [3.05, 3.63) is 0 Å². The second kappa shape index (κ2) is 6.41. The van der Waals surface area contributed by atoms with Crippen LogP contribution in [0.1, 0.15) is 52.4 Å². The van der Waals surface area contributed by atoms with E-state index in [1.807, 2.05) is 6.92 Å². The number of aliphatic hydroxyl groups excluding tert-OH is 1. The third-order valence-electron chi connectivity index (χ3n) is 3.50. The molecule has 1 aliphatic carbocycles. The lowest BCUT2D eigenvalue weighted by atomic mass is 9.84. The standard InChI is InChI=1S/C12H25NO/c1-3-12(14)9-13-10(2)11-7-5-4-6-8-11/h10-14H,3-9H2,1-2H3/t10-,12?/m1/s1. The van der Waals surface area contributed by atoms with Crippen molar-refractivity contribution >= 4 is 0 Å². The highest BCUT2D eigenvalue weighted by Crippen LogP contribution is 2.26. The molecule has 0 aromatic heterocycles. The van der Waals surface area contributed by atoms with Gasteiger partial charge in [0, 0.05) is 12.6 Å². The molecule has 1 saturated carbocycles. The van der Waals surface area contributed by atoms with E-state index in [1.165, 1.54) is 32.1 Å². The lowest BCUT2D eigenvalue weighted by Crippen LogP contribution is -2.39. The first-order valence-corrected chi connectivity index (χ1v) is 6.15. The van der Waals surface area contributed by atoms with E-state index >= 15 is 0 Å². The molecule has 0 heterocycles. The Hall–Kier alpha value is -0.0800. The zero-order valence-corrected chi connectivity index (χ0v) is 9.63. The van der Waals surface area contributed by atoms with Crippen LogP contribution in [0.2, 0.25) is 0 Å². The third kappa shape index (κ3) is 3.97. The van der Waals surface area contributed by atoms with E-state index in [4.69, 9.17) is 0 Å². The van der Waals surface area contributed by atoms with Crippen molar-refractivity contribution in [2.24, 2.45) is 5.92 Å². The van der Waals surface area contributed by atoms with Crippen LogP contribution in [0.5, 0.6) is 0 Å². The number of nitrogens with one attached hydrogen (secondary N) is 1. The van der Waals surface area contributed by atoms with Crippen molar-refractivity contribution in [1.29, 1.82) is 0 Å². The topological polar surface area (TPSA) is 32.3 Å². The molecule has 0 aromatic carbocycles. The maximum atomic E-state index is 9.44. The van der Waals surface area contributed by atoms with Crippen LogP contribution in [-0.2, 0) is 0 Å². The molecule has 1 aliphatic rings. The van der Waals surface area contributed by atoms with Gasteiger partial charge >= 0.3 is 0 Å². The van der Waals surface area contributed by atoms with Crippen LogP contribution in [0.15, 0.2) is 0 Å². The molecular weight excluding hydrogens is 174 g/mol. The maximum absolute atomic E-state index is 9.44. The van der Waals surface area contributed by atoms with Crippen LogP contribution < -0.4 is 5.32 Å². The Balaban J connectivity index is 2.16. The molecule has 1 fully saturated rings. The highest BCUT2D eigenvalue weighted by atomic mass is 16.3. The molecule has 0 saturated heterocycles. The van der Waals surface area contributed by atoms with E-state index < -0.39 is 0 Å². The predicted octanol–water partition coefficient (Wildman–Crippen LogP) is 2.32. The van der Waals surface area contributed by atoms with Crippen molar-refractivity contribution in [2.45, 2.75) is 64.5 Å². The van der Waals surface area contributed by atoms with Crippen molar-refractivity contribution in [1.82, 2.24) is 5.32 Å². The van der Waals surface area contributed by atoms with Crippen LogP contribution in [-0.4, -0.2) is 23.8 Å². The second-order valence-corrected chi connectivity index (χ2v) is 4.66. The number of hydrogen-bond donors (Lipinski definition) is 2. The van der Waals surface area contributed by atoms with Crippen LogP contribution in [0.3, 0.4) is 0 Å². The molecule has 2 nitrogen and oxygen atoms in total. The Bertz CT molecular complexity index is 143. The SMILES string of the molecule is CCC(O)CN[C@H](C)C1CCCCC1. The molecule has 0 aromatic rings. The van der Waals surface area contributed by atoms with Gasteiger partial charge in [-0.15, -0.1) is 0 Å². The summed E-state index contributed by atoms with van der Waals surface area (Å²) in [6, 6.07) is 0.580. The average Bonchev–Trinajstić information content (AvgIpc) is 2.26. The Kier molecular flexibility index (Phi) is 5.49. The first-order valence-electron chi connectivity index (χ1n) is 6.15. The number of aliphatic hydroxyl groups is 1. The Morgan fingerprint density at radius 1 is 1.29 bits per heavy atom. The lowest BCUT2D eigenvalue weighted by molar-refractivity contribution is 0.155. The summed E-state index contributed by atoms with van der Waals surface area (Å²) in [5, 5.41) is 12.9. The van der Waals surface area contributed by atoms with Gasteiger partial charge in [0.15, 0.2) is 0 Å². The summed E-state index contributed by atoms with van der Waals surface area (Å²) in [5.74, 6) is 0.841. The van der Waals surface area contributed by atoms with E-state index in [1.54, 1.807) is 0 Å². The van der Waals surface area contributed by atoms with Crippen LogP contribution >= 0.6 is 0 Å². The molecule has 1 unspecified atom stereocenters. The lowest BCUT2D eigenvalue weighted by Gasteiger charge is -2.29. The maximum Gasteiger partial charge on any atom is 0.0662 e. The molecule has 14 heavy (non-hydrogen) atoms. The Morgan fingerprint density at radius 3 is 2.50 bits per heavy atom. The second-order valence-electron chi connectivity index (χ2n) is 4.66. The Labute approximate surface area is 88.1 Å². The van der Waals surface area contributed by atoms with E-state index in [0.29, 0.717) is 6.04 Å². The normalized spacial score (nSPS) is 23.4. The fraction of sp³-hybridized carbons (Fsp3) is 1.00. The fourth-order valence-electron chi connectivity index (χ4n) is 2.27. The summed E-state index contributed by atoms with van der Waals surface area (Å²) < 4.78 is 0. The summed E-state index contributed by atoms with van der Waals surface area (Å²) in [5.41, 5.74) is 0. The van der Waals surface area contributed by atoms with Gasteiger partial charge in [0.05, 0.1) is 6.10 Å². The van der Waals surface area contributed by atoms with Gasteiger partial charge in [0.25, 0.3) is 0 Å². The zero-order valence-electron chi connectivity index (χ0n) is 9.63. The van der Waals surface area contributed by atoms with Crippen molar-refractivity contribution < 1.29 is 5.11 Å². The van der Waals surface area contributed by atoms with Crippen molar-refractivity contribution in [3.63, 3.8) is 0 Å². The zero-order chi connectivity index (χ0) is 10.4. The number of rotatable bonds is 5. The molecule has 1 rings (SSSR count). The average molecular weight is 199 g/mol. The highest BCUT2D eigenvalue weighted by molar-refractivity contribution is 4.76.